The van der Waals surface area contributed by atoms with Crippen molar-refractivity contribution in [1.29, 1.82) is 0 Å². The molecule has 0 saturated carbocycles. The van der Waals surface area contributed by atoms with Gasteiger partial charge in [-0.2, -0.15) is 0 Å². The molecular formula is C28H26. The molecule has 0 unspecified atom stereocenters. The number of hydrogen-bond acceptors (Lipinski definition) is 0. The van der Waals surface area contributed by atoms with Crippen LogP contribution in [0.3, 0.4) is 0 Å². The molecule has 0 heteroatoms. The van der Waals surface area contributed by atoms with Crippen molar-refractivity contribution in [1.82, 2.24) is 0 Å². The highest BCUT2D eigenvalue weighted by Gasteiger charge is 2.21. The highest BCUT2D eigenvalue weighted by Crippen LogP contribution is 2.43. The minimum atomic E-state index is 1.11. The molecule has 0 heterocycles. The highest BCUT2D eigenvalue weighted by atomic mass is 14.2. The summed E-state index contributed by atoms with van der Waals surface area (Å²) in [6.07, 6.45) is 7.83. The van der Waals surface area contributed by atoms with Crippen LogP contribution in [-0.4, -0.2) is 0 Å². The van der Waals surface area contributed by atoms with Gasteiger partial charge in [0.05, 0.1) is 0 Å². The van der Waals surface area contributed by atoms with E-state index >= 15 is 0 Å². The Morgan fingerprint density at radius 2 is 1.18 bits per heavy atom. The third kappa shape index (κ3) is 3.42. The van der Waals surface area contributed by atoms with Crippen molar-refractivity contribution in [2.75, 3.05) is 0 Å². The van der Waals surface area contributed by atoms with Gasteiger partial charge in [-0.3, -0.25) is 0 Å². The van der Waals surface area contributed by atoms with Crippen LogP contribution in [0, 0.1) is 6.92 Å². The summed E-state index contributed by atoms with van der Waals surface area (Å²) in [7, 11) is 0. The maximum atomic E-state index is 4.15. The summed E-state index contributed by atoms with van der Waals surface area (Å²) in [6.45, 7) is 16.5. The van der Waals surface area contributed by atoms with Gasteiger partial charge in [-0.15, -0.1) is 0 Å². The molecule has 0 aliphatic carbocycles. The van der Waals surface area contributed by atoms with Gasteiger partial charge in [-0.05, 0) is 63.9 Å². The molecule has 3 aromatic carbocycles. The maximum absolute atomic E-state index is 4.15. The zero-order valence-electron chi connectivity index (χ0n) is 16.7. The van der Waals surface area contributed by atoms with Gasteiger partial charge in [0.25, 0.3) is 0 Å². The van der Waals surface area contributed by atoms with E-state index in [0.29, 0.717) is 0 Å². The average molecular weight is 363 g/mol. The molecule has 0 aliphatic heterocycles. The molecule has 0 radical (unpaired) electrons. The van der Waals surface area contributed by atoms with Gasteiger partial charge in [-0.25, -0.2) is 0 Å². The molecule has 0 atom stereocenters. The molecule has 0 saturated heterocycles. The molecule has 0 amide bonds. The van der Waals surface area contributed by atoms with Gasteiger partial charge in [0.2, 0.25) is 0 Å². The van der Waals surface area contributed by atoms with Crippen LogP contribution < -0.4 is 0 Å². The van der Waals surface area contributed by atoms with Crippen LogP contribution in [0.4, 0.5) is 0 Å². The van der Waals surface area contributed by atoms with Crippen molar-refractivity contribution in [2.24, 2.45) is 0 Å². The Morgan fingerprint density at radius 1 is 0.714 bits per heavy atom. The van der Waals surface area contributed by atoms with Crippen molar-refractivity contribution < 1.29 is 0 Å². The zero-order valence-corrected chi connectivity index (χ0v) is 16.7. The van der Waals surface area contributed by atoms with E-state index in [1.165, 1.54) is 39.0 Å². The van der Waals surface area contributed by atoms with E-state index < -0.39 is 0 Å². The Labute approximate surface area is 168 Å². The maximum Gasteiger partial charge on any atom is -0.00273 e. The molecule has 0 spiro atoms. The fraction of sp³-hybridized carbons (Fsp3) is 0.0714. The second kappa shape index (κ2) is 8.54. The minimum absolute atomic E-state index is 1.11. The Balaban J connectivity index is 2.55. The molecule has 3 rings (SSSR count). The second-order valence-electron chi connectivity index (χ2n) is 6.80. The lowest BCUT2D eigenvalue weighted by Gasteiger charge is -2.24. The van der Waals surface area contributed by atoms with Crippen LogP contribution in [0.2, 0.25) is 0 Å². The van der Waals surface area contributed by atoms with E-state index in [0.717, 1.165) is 11.1 Å². The second-order valence-corrected chi connectivity index (χ2v) is 6.80. The van der Waals surface area contributed by atoms with Gasteiger partial charge in [-0.1, -0.05) is 105 Å². The number of benzene rings is 3. The molecule has 0 aliphatic rings. The van der Waals surface area contributed by atoms with Crippen molar-refractivity contribution in [2.45, 2.75) is 13.8 Å². The lowest BCUT2D eigenvalue weighted by Crippen LogP contribution is -2.02. The quantitative estimate of drug-likeness (QED) is 0.388. The summed E-state index contributed by atoms with van der Waals surface area (Å²) in [6, 6.07) is 21.0. The van der Waals surface area contributed by atoms with Crippen LogP contribution in [-0.2, 0) is 0 Å². The van der Waals surface area contributed by atoms with Crippen molar-refractivity contribution in [3.05, 3.63) is 115 Å². The average Bonchev–Trinajstić information content (AvgIpc) is 2.74. The normalized spacial score (nSPS) is 11.1. The first-order chi connectivity index (χ1) is 13.6. The lowest BCUT2D eigenvalue weighted by atomic mass is 9.79. The van der Waals surface area contributed by atoms with Crippen LogP contribution in [0.5, 0.6) is 0 Å². The Hall–Kier alpha value is -3.38. The van der Waals surface area contributed by atoms with Gasteiger partial charge >= 0.3 is 0 Å². The zero-order chi connectivity index (χ0) is 20.1. The Morgan fingerprint density at radius 3 is 1.64 bits per heavy atom. The first-order valence-electron chi connectivity index (χ1n) is 9.50. The molecule has 28 heavy (non-hydrogen) atoms. The topological polar surface area (TPSA) is 0 Å². The summed E-state index contributed by atoms with van der Waals surface area (Å²) in [4.78, 5) is 0. The Kier molecular flexibility index (Phi) is 5.91. The predicted octanol–water partition coefficient (Wildman–Crippen LogP) is 8.20. The minimum Gasteiger partial charge on any atom is -0.0991 e. The summed E-state index contributed by atoms with van der Waals surface area (Å²) in [5, 5.41) is 0. The fourth-order valence-corrected chi connectivity index (χ4v) is 3.98. The third-order valence-corrected chi connectivity index (χ3v) is 5.12. The summed E-state index contributed by atoms with van der Waals surface area (Å²) >= 11 is 0. The molecule has 0 N–H and O–H groups in total. The molecule has 0 nitrogen and oxygen atoms in total. The highest BCUT2D eigenvalue weighted by molar-refractivity contribution is 5.97. The van der Waals surface area contributed by atoms with Crippen LogP contribution in [0.25, 0.3) is 40.0 Å². The van der Waals surface area contributed by atoms with Crippen LogP contribution >= 0.6 is 0 Å². The van der Waals surface area contributed by atoms with Gasteiger partial charge < -0.3 is 0 Å². The van der Waals surface area contributed by atoms with E-state index in [1.807, 2.05) is 30.4 Å². The van der Waals surface area contributed by atoms with E-state index in [2.05, 4.69) is 88.2 Å². The van der Waals surface area contributed by atoms with Crippen molar-refractivity contribution >= 4 is 17.7 Å². The molecule has 0 bridgehead atoms. The first-order valence-corrected chi connectivity index (χ1v) is 9.50. The van der Waals surface area contributed by atoms with E-state index in [9.17, 15) is 0 Å². The number of hydrogen-bond donors (Lipinski definition) is 0. The van der Waals surface area contributed by atoms with Gasteiger partial charge in [0, 0.05) is 0 Å². The van der Waals surface area contributed by atoms with E-state index in [4.69, 9.17) is 0 Å². The summed E-state index contributed by atoms with van der Waals surface area (Å²) in [5.41, 5.74) is 10.6. The van der Waals surface area contributed by atoms with Crippen LogP contribution in [0.1, 0.15) is 29.2 Å². The number of rotatable bonds is 6. The van der Waals surface area contributed by atoms with Gasteiger partial charge in [0.15, 0.2) is 0 Å². The smallest absolute Gasteiger partial charge is 0.00273 e. The van der Waals surface area contributed by atoms with E-state index in [1.54, 1.807) is 0 Å². The SMILES string of the molecule is C=C/C=C(/C)c1c(C)c(-c2ccccc2)c(C=C)c(C=C)c1-c1ccccc1. The third-order valence-electron chi connectivity index (χ3n) is 5.12. The van der Waals surface area contributed by atoms with Crippen molar-refractivity contribution in [3.8, 4) is 22.3 Å². The van der Waals surface area contributed by atoms with Gasteiger partial charge in [0.1, 0.15) is 0 Å². The van der Waals surface area contributed by atoms with E-state index in [-0.39, 0.29) is 0 Å². The first kappa shape index (κ1) is 19.4. The fourth-order valence-electron chi connectivity index (χ4n) is 3.98. The molecule has 138 valence electrons. The predicted molar refractivity (Wildman–Crippen MR) is 126 cm³/mol. The molecule has 0 fully saturated rings. The number of allylic oxidation sites excluding steroid dienone is 3. The monoisotopic (exact) mass is 362 g/mol. The molecular weight excluding hydrogens is 336 g/mol. The largest absolute Gasteiger partial charge is 0.0991 e. The molecule has 3 aromatic rings. The summed E-state index contributed by atoms with van der Waals surface area (Å²) in [5.74, 6) is 0. The lowest BCUT2D eigenvalue weighted by molar-refractivity contribution is 1.38. The molecule has 0 aromatic heterocycles. The van der Waals surface area contributed by atoms with Crippen molar-refractivity contribution in [3.63, 3.8) is 0 Å². The standard InChI is InChI=1S/C28H26/c1-6-15-20(4)26-21(5)27(22-16-11-9-12-17-22)24(7-2)25(8-3)28(26)23-18-13-10-14-19-23/h6-19H,1-3H2,4-5H3/b20-15-. The van der Waals surface area contributed by atoms with Crippen LogP contribution in [0.15, 0.2) is 92.6 Å². The summed E-state index contributed by atoms with van der Waals surface area (Å²) < 4.78 is 0. The Bertz CT molecular complexity index is 1050.